The Morgan fingerprint density at radius 3 is 2.76 bits per heavy atom. The zero-order valence-corrected chi connectivity index (χ0v) is 12.6. The van der Waals surface area contributed by atoms with Crippen molar-refractivity contribution in [1.82, 2.24) is 14.1 Å². The monoisotopic (exact) mass is 327 g/mol. The summed E-state index contributed by atoms with van der Waals surface area (Å²) in [5.74, 6) is -0.615. The lowest BCUT2D eigenvalue weighted by Gasteiger charge is -2.05. The van der Waals surface area contributed by atoms with Crippen LogP contribution in [0, 0.1) is 5.82 Å². The van der Waals surface area contributed by atoms with Gasteiger partial charge in [0.05, 0.1) is 29.5 Å². The van der Waals surface area contributed by atoms with Crippen molar-refractivity contribution in [3.63, 3.8) is 0 Å². The molecule has 0 radical (unpaired) electrons. The van der Waals surface area contributed by atoms with Gasteiger partial charge in [-0.1, -0.05) is 6.07 Å². The van der Waals surface area contributed by atoms with Crippen molar-refractivity contribution in [2.24, 2.45) is 7.05 Å². The van der Waals surface area contributed by atoms with Gasteiger partial charge in [-0.2, -0.15) is 0 Å². The molecule has 8 heteroatoms. The molecule has 0 unspecified atom stereocenters. The van der Waals surface area contributed by atoms with Crippen LogP contribution < -0.4 is 0 Å². The number of fused-ring (bicyclic) bond motifs is 1. The van der Waals surface area contributed by atoms with E-state index in [9.17, 15) is 12.8 Å². The Labute approximate surface area is 125 Å². The van der Waals surface area contributed by atoms with Crippen molar-refractivity contribution in [3.8, 4) is 0 Å². The lowest BCUT2D eigenvalue weighted by molar-refractivity contribution is 0.607. The molecule has 0 saturated heterocycles. The molecule has 2 aromatic heterocycles. The third-order valence-corrected chi connectivity index (χ3v) is 4.67. The third-order valence-electron chi connectivity index (χ3n) is 3.33. The average molecular weight is 328 g/mol. The minimum atomic E-state index is -4.03. The number of rotatable bonds is 3. The summed E-state index contributed by atoms with van der Waals surface area (Å²) in [6.07, 6.45) is 4.66. The van der Waals surface area contributed by atoms with Crippen LogP contribution in [0.3, 0.4) is 0 Å². The van der Waals surface area contributed by atoms with Crippen LogP contribution in [0.4, 0.5) is 4.39 Å². The number of nitrogens with zero attached hydrogens (tertiary/aromatic N) is 3. The van der Waals surface area contributed by atoms with E-state index in [1.54, 1.807) is 27.7 Å². The molecule has 1 aromatic carbocycles. The molecular weight excluding hydrogens is 317 g/mol. The van der Waals surface area contributed by atoms with Gasteiger partial charge in [0, 0.05) is 30.1 Å². The molecule has 3 aromatic rings. The number of hydrogen-bond acceptors (Lipinski definition) is 3. The first-order valence-electron chi connectivity index (χ1n) is 6.05. The summed E-state index contributed by atoms with van der Waals surface area (Å²) in [5.41, 5.74) is 1.32. The number of halogens is 2. The van der Waals surface area contributed by atoms with Gasteiger partial charge in [-0.3, -0.25) is 0 Å². The summed E-state index contributed by atoms with van der Waals surface area (Å²) >= 11 is 0. The molecule has 0 bridgehead atoms. The highest BCUT2D eigenvalue weighted by molar-refractivity contribution is 8.14. The number of hydrogen-bond donors (Lipinski definition) is 0. The van der Waals surface area contributed by atoms with Gasteiger partial charge in [0.15, 0.2) is 0 Å². The van der Waals surface area contributed by atoms with Crippen LogP contribution in [0.2, 0.25) is 0 Å². The second kappa shape index (κ2) is 4.85. The van der Waals surface area contributed by atoms with E-state index in [1.807, 2.05) is 7.05 Å². The van der Waals surface area contributed by atoms with Gasteiger partial charge >= 0.3 is 0 Å². The van der Waals surface area contributed by atoms with E-state index in [2.05, 4.69) is 4.98 Å². The first kappa shape index (κ1) is 14.1. The molecular formula is C13H11ClFN3O2S. The van der Waals surface area contributed by atoms with Gasteiger partial charge in [-0.25, -0.2) is 17.8 Å². The van der Waals surface area contributed by atoms with Crippen LogP contribution in [0.5, 0.6) is 0 Å². The topological polar surface area (TPSA) is 56.9 Å². The summed E-state index contributed by atoms with van der Waals surface area (Å²) in [5, 5.41) is 0.00895. The van der Waals surface area contributed by atoms with E-state index < -0.39 is 14.9 Å². The number of imidazole rings is 1. The highest BCUT2D eigenvalue weighted by Gasteiger charge is 2.21. The Morgan fingerprint density at radius 1 is 1.38 bits per heavy atom. The van der Waals surface area contributed by atoms with Crippen molar-refractivity contribution < 1.29 is 12.8 Å². The van der Waals surface area contributed by atoms with Crippen LogP contribution >= 0.6 is 10.7 Å². The number of benzene rings is 1. The minimum Gasteiger partial charge on any atom is -0.340 e. The molecule has 5 nitrogen and oxygen atoms in total. The van der Waals surface area contributed by atoms with Crippen molar-refractivity contribution in [1.29, 1.82) is 0 Å². The fraction of sp³-hybridized carbons (Fsp3) is 0.154. The number of aryl methyl sites for hydroxylation is 1. The lowest BCUT2D eigenvalue weighted by Crippen LogP contribution is -2.03. The first-order valence-corrected chi connectivity index (χ1v) is 8.36. The zero-order chi connectivity index (χ0) is 15.2. The maximum Gasteiger partial charge on any atom is 0.263 e. The quantitative estimate of drug-likeness (QED) is 0.694. The van der Waals surface area contributed by atoms with Crippen molar-refractivity contribution in [2.45, 2.75) is 11.4 Å². The van der Waals surface area contributed by atoms with E-state index in [4.69, 9.17) is 10.7 Å². The predicted molar refractivity (Wildman–Crippen MR) is 77.2 cm³/mol. The van der Waals surface area contributed by atoms with E-state index in [0.29, 0.717) is 12.1 Å². The Kier molecular flexibility index (Phi) is 3.26. The van der Waals surface area contributed by atoms with Crippen LogP contribution in [0.25, 0.3) is 10.9 Å². The van der Waals surface area contributed by atoms with Gasteiger partial charge in [0.2, 0.25) is 0 Å². The standard InChI is InChI=1S/C13H11ClFN3O2S/c1-17-8-16-5-9(17)6-18-7-12(21(14,19)20)13-10(15)3-2-4-11(13)18/h2-5,7-8H,6H2,1H3. The van der Waals surface area contributed by atoms with E-state index in [-0.39, 0.29) is 10.3 Å². The molecule has 0 aliphatic rings. The molecule has 0 N–H and O–H groups in total. The smallest absolute Gasteiger partial charge is 0.263 e. The fourth-order valence-electron chi connectivity index (χ4n) is 2.30. The number of aromatic nitrogens is 3. The van der Waals surface area contributed by atoms with E-state index in [0.717, 1.165) is 5.69 Å². The normalized spacial score (nSPS) is 12.1. The molecule has 0 spiro atoms. The molecule has 21 heavy (non-hydrogen) atoms. The van der Waals surface area contributed by atoms with Gasteiger partial charge < -0.3 is 9.13 Å². The highest BCUT2D eigenvalue weighted by atomic mass is 35.7. The Bertz CT molecular complexity index is 930. The average Bonchev–Trinajstić information content (AvgIpc) is 2.96. The van der Waals surface area contributed by atoms with Crippen molar-refractivity contribution in [2.75, 3.05) is 0 Å². The minimum absolute atomic E-state index is 0.00895. The van der Waals surface area contributed by atoms with Gasteiger partial charge in [0.25, 0.3) is 9.05 Å². The Morgan fingerprint density at radius 2 is 2.14 bits per heavy atom. The molecule has 0 amide bonds. The van der Waals surface area contributed by atoms with Crippen LogP contribution in [0.1, 0.15) is 5.69 Å². The van der Waals surface area contributed by atoms with Gasteiger partial charge in [-0.05, 0) is 12.1 Å². The maximum atomic E-state index is 14.0. The van der Waals surface area contributed by atoms with Crippen molar-refractivity contribution >= 4 is 30.6 Å². The first-order chi connectivity index (χ1) is 9.88. The van der Waals surface area contributed by atoms with E-state index >= 15 is 0 Å². The molecule has 0 aliphatic carbocycles. The molecule has 3 rings (SSSR count). The molecule has 2 heterocycles. The largest absolute Gasteiger partial charge is 0.340 e. The second-order valence-corrected chi connectivity index (χ2v) is 7.22. The highest BCUT2D eigenvalue weighted by Crippen LogP contribution is 2.30. The van der Waals surface area contributed by atoms with Crippen LogP contribution in [-0.2, 0) is 22.6 Å². The molecule has 110 valence electrons. The second-order valence-electron chi connectivity index (χ2n) is 4.69. The van der Waals surface area contributed by atoms with E-state index in [1.165, 1.54) is 18.3 Å². The summed E-state index contributed by atoms with van der Waals surface area (Å²) in [7, 11) is 3.21. The molecule has 0 fully saturated rings. The maximum absolute atomic E-state index is 14.0. The fourth-order valence-corrected chi connectivity index (χ4v) is 3.35. The van der Waals surface area contributed by atoms with Gasteiger partial charge in [0.1, 0.15) is 10.7 Å². The summed E-state index contributed by atoms with van der Waals surface area (Å²) in [4.78, 5) is 3.78. The summed E-state index contributed by atoms with van der Waals surface area (Å²) in [6.45, 7) is 0.364. The molecule has 0 atom stereocenters. The molecule has 0 aliphatic heterocycles. The lowest BCUT2D eigenvalue weighted by atomic mass is 10.2. The third kappa shape index (κ3) is 2.43. The van der Waals surface area contributed by atoms with Crippen LogP contribution in [0.15, 0.2) is 41.8 Å². The van der Waals surface area contributed by atoms with Crippen molar-refractivity contribution in [3.05, 3.63) is 48.4 Å². The SMILES string of the molecule is Cn1cncc1Cn1cc(S(=O)(=O)Cl)c2c(F)cccc21. The summed E-state index contributed by atoms with van der Waals surface area (Å²) in [6, 6.07) is 4.39. The van der Waals surface area contributed by atoms with Gasteiger partial charge in [-0.15, -0.1) is 0 Å². The predicted octanol–water partition coefficient (Wildman–Crippen LogP) is 2.49. The zero-order valence-electron chi connectivity index (χ0n) is 11.0. The summed E-state index contributed by atoms with van der Waals surface area (Å²) < 4.78 is 40.7. The Hall–Kier alpha value is -1.86. The Balaban J connectivity index is 2.25. The van der Waals surface area contributed by atoms with Crippen LogP contribution in [-0.4, -0.2) is 22.5 Å². The molecule has 0 saturated carbocycles.